The van der Waals surface area contributed by atoms with Gasteiger partial charge in [-0.3, -0.25) is 4.90 Å². The zero-order chi connectivity index (χ0) is 12.5. The van der Waals surface area contributed by atoms with Crippen LogP contribution in [0.1, 0.15) is 18.4 Å². The summed E-state index contributed by atoms with van der Waals surface area (Å²) in [4.78, 5) is 5.11. The van der Waals surface area contributed by atoms with Gasteiger partial charge in [0.2, 0.25) is 0 Å². The molecule has 3 rings (SSSR count). The van der Waals surface area contributed by atoms with Crippen LogP contribution in [0.3, 0.4) is 0 Å². The largest absolute Gasteiger partial charge is 0.369 e. The van der Waals surface area contributed by atoms with Gasteiger partial charge in [-0.2, -0.15) is 0 Å². The molecule has 0 aromatic heterocycles. The van der Waals surface area contributed by atoms with Crippen LogP contribution in [0, 0.1) is 0 Å². The second-order valence-corrected chi connectivity index (χ2v) is 6.09. The van der Waals surface area contributed by atoms with Crippen LogP contribution in [0.5, 0.6) is 0 Å². The lowest BCUT2D eigenvalue weighted by molar-refractivity contribution is 0.248. The second-order valence-electron chi connectivity index (χ2n) is 5.23. The topological polar surface area (TPSA) is 32.5 Å². The van der Waals surface area contributed by atoms with E-state index in [-0.39, 0.29) is 0 Å². The van der Waals surface area contributed by atoms with Gasteiger partial charge in [0.05, 0.1) is 0 Å². The van der Waals surface area contributed by atoms with Gasteiger partial charge in [-0.25, -0.2) is 0 Å². The lowest BCUT2D eigenvalue weighted by Gasteiger charge is -2.36. The Labute approximate surface area is 117 Å². The van der Waals surface area contributed by atoms with Gasteiger partial charge < -0.3 is 10.6 Å². The fourth-order valence-electron chi connectivity index (χ4n) is 2.68. The molecule has 0 bridgehead atoms. The molecule has 2 aliphatic rings. The average molecular weight is 310 g/mol. The number of piperazine rings is 1. The normalized spacial score (nSPS) is 21.3. The van der Waals surface area contributed by atoms with E-state index in [1.807, 2.05) is 0 Å². The van der Waals surface area contributed by atoms with Crippen LogP contribution < -0.4 is 10.6 Å². The van der Waals surface area contributed by atoms with Crippen molar-refractivity contribution in [1.29, 1.82) is 0 Å². The molecule has 98 valence electrons. The van der Waals surface area contributed by atoms with E-state index >= 15 is 0 Å². The average Bonchev–Trinajstić information content (AvgIpc) is 3.23. The van der Waals surface area contributed by atoms with Gasteiger partial charge in [0.25, 0.3) is 0 Å². The third-order valence-electron chi connectivity index (χ3n) is 4.00. The van der Waals surface area contributed by atoms with Crippen LogP contribution in [0.4, 0.5) is 5.69 Å². The molecule has 1 saturated heterocycles. The first-order valence-electron chi connectivity index (χ1n) is 6.75. The first-order valence-corrected chi connectivity index (χ1v) is 7.55. The Morgan fingerprint density at radius 3 is 2.44 bits per heavy atom. The molecule has 0 spiro atoms. The Balaban J connectivity index is 1.66. The minimum Gasteiger partial charge on any atom is -0.369 e. The molecule has 0 unspecified atom stereocenters. The standard InChI is InChI=1S/C14H20BrN3/c15-14-9-13(2-1-11(14)10-16)18-7-5-17(6-8-18)12-3-4-12/h1-2,9,12H,3-8,10,16H2. The molecule has 0 atom stereocenters. The number of anilines is 1. The van der Waals surface area contributed by atoms with Crippen LogP contribution in [0.25, 0.3) is 0 Å². The highest BCUT2D eigenvalue weighted by molar-refractivity contribution is 9.10. The summed E-state index contributed by atoms with van der Waals surface area (Å²) in [5, 5.41) is 0. The van der Waals surface area contributed by atoms with Gasteiger partial charge in [-0.1, -0.05) is 22.0 Å². The van der Waals surface area contributed by atoms with Gasteiger partial charge in [0.15, 0.2) is 0 Å². The summed E-state index contributed by atoms with van der Waals surface area (Å²) < 4.78 is 1.13. The summed E-state index contributed by atoms with van der Waals surface area (Å²) >= 11 is 3.60. The SMILES string of the molecule is NCc1ccc(N2CCN(C3CC3)CC2)cc1Br. The predicted molar refractivity (Wildman–Crippen MR) is 78.8 cm³/mol. The summed E-state index contributed by atoms with van der Waals surface area (Å²) in [6.45, 7) is 5.30. The molecule has 2 N–H and O–H groups in total. The predicted octanol–water partition coefficient (Wildman–Crippen LogP) is 2.19. The van der Waals surface area contributed by atoms with E-state index < -0.39 is 0 Å². The van der Waals surface area contributed by atoms with E-state index in [1.165, 1.54) is 37.2 Å². The van der Waals surface area contributed by atoms with Crippen LogP contribution in [-0.2, 0) is 6.54 Å². The van der Waals surface area contributed by atoms with Crippen LogP contribution in [-0.4, -0.2) is 37.1 Å². The summed E-state index contributed by atoms with van der Waals surface area (Å²) in [6.07, 6.45) is 2.83. The summed E-state index contributed by atoms with van der Waals surface area (Å²) in [7, 11) is 0. The minimum atomic E-state index is 0.594. The molecule has 3 nitrogen and oxygen atoms in total. The quantitative estimate of drug-likeness (QED) is 0.929. The zero-order valence-corrected chi connectivity index (χ0v) is 12.2. The number of hydrogen-bond acceptors (Lipinski definition) is 3. The van der Waals surface area contributed by atoms with E-state index in [2.05, 4.69) is 43.9 Å². The third-order valence-corrected chi connectivity index (χ3v) is 4.74. The monoisotopic (exact) mass is 309 g/mol. The molecule has 0 radical (unpaired) electrons. The maximum atomic E-state index is 5.69. The Hall–Kier alpha value is -0.580. The molecule has 0 amide bonds. The summed E-state index contributed by atoms with van der Waals surface area (Å²) in [6, 6.07) is 7.43. The highest BCUT2D eigenvalue weighted by atomic mass is 79.9. The van der Waals surface area contributed by atoms with Crippen LogP contribution >= 0.6 is 15.9 Å². The van der Waals surface area contributed by atoms with Crippen LogP contribution in [0.2, 0.25) is 0 Å². The van der Waals surface area contributed by atoms with E-state index in [0.29, 0.717) is 6.54 Å². The van der Waals surface area contributed by atoms with Gasteiger partial charge in [0.1, 0.15) is 0 Å². The Bertz CT molecular complexity index is 423. The van der Waals surface area contributed by atoms with Crippen molar-refractivity contribution in [1.82, 2.24) is 4.90 Å². The van der Waals surface area contributed by atoms with Gasteiger partial charge in [0, 0.05) is 48.9 Å². The smallest absolute Gasteiger partial charge is 0.0378 e. The van der Waals surface area contributed by atoms with Crippen molar-refractivity contribution >= 4 is 21.6 Å². The number of nitrogens with two attached hydrogens (primary N) is 1. The zero-order valence-electron chi connectivity index (χ0n) is 10.6. The summed E-state index contributed by atoms with van der Waals surface area (Å²) in [5.74, 6) is 0. The molecule has 18 heavy (non-hydrogen) atoms. The van der Waals surface area contributed by atoms with Crippen molar-refractivity contribution in [3.05, 3.63) is 28.2 Å². The van der Waals surface area contributed by atoms with Crippen LogP contribution in [0.15, 0.2) is 22.7 Å². The fourth-order valence-corrected chi connectivity index (χ4v) is 3.21. The lowest BCUT2D eigenvalue weighted by Crippen LogP contribution is -2.47. The molecular weight excluding hydrogens is 290 g/mol. The third kappa shape index (κ3) is 2.56. The molecule has 2 fully saturated rings. The van der Waals surface area contributed by atoms with E-state index in [9.17, 15) is 0 Å². The van der Waals surface area contributed by atoms with Crippen molar-refractivity contribution in [3.63, 3.8) is 0 Å². The van der Waals surface area contributed by atoms with Crippen molar-refractivity contribution in [2.75, 3.05) is 31.1 Å². The number of hydrogen-bond donors (Lipinski definition) is 1. The van der Waals surface area contributed by atoms with Crippen molar-refractivity contribution < 1.29 is 0 Å². The minimum absolute atomic E-state index is 0.594. The molecule has 1 aromatic rings. The van der Waals surface area contributed by atoms with E-state index in [4.69, 9.17) is 5.73 Å². The first-order chi connectivity index (χ1) is 8.78. The fraction of sp³-hybridized carbons (Fsp3) is 0.571. The van der Waals surface area contributed by atoms with Crippen molar-refractivity contribution in [3.8, 4) is 0 Å². The highest BCUT2D eigenvalue weighted by Crippen LogP contribution is 2.29. The van der Waals surface area contributed by atoms with Gasteiger partial charge >= 0.3 is 0 Å². The maximum absolute atomic E-state index is 5.69. The first kappa shape index (κ1) is 12.5. The molecule has 1 heterocycles. The highest BCUT2D eigenvalue weighted by Gasteiger charge is 2.31. The molecule has 1 aliphatic heterocycles. The van der Waals surface area contributed by atoms with E-state index in [0.717, 1.165) is 23.6 Å². The summed E-state index contributed by atoms with van der Waals surface area (Å²) in [5.41, 5.74) is 8.18. The Kier molecular flexibility index (Phi) is 3.59. The van der Waals surface area contributed by atoms with Gasteiger partial charge in [-0.15, -0.1) is 0 Å². The molecular formula is C14H20BrN3. The lowest BCUT2D eigenvalue weighted by atomic mass is 10.2. The van der Waals surface area contributed by atoms with Crippen molar-refractivity contribution in [2.45, 2.75) is 25.4 Å². The number of halogens is 1. The van der Waals surface area contributed by atoms with E-state index in [1.54, 1.807) is 0 Å². The molecule has 4 heteroatoms. The number of rotatable bonds is 3. The molecule has 1 aliphatic carbocycles. The Morgan fingerprint density at radius 1 is 1.17 bits per heavy atom. The Morgan fingerprint density at radius 2 is 1.89 bits per heavy atom. The maximum Gasteiger partial charge on any atom is 0.0378 e. The second kappa shape index (κ2) is 5.19. The molecule has 1 saturated carbocycles. The molecule has 1 aromatic carbocycles. The number of nitrogens with zero attached hydrogens (tertiary/aromatic N) is 2. The van der Waals surface area contributed by atoms with Gasteiger partial charge in [-0.05, 0) is 30.5 Å². The number of benzene rings is 1. The van der Waals surface area contributed by atoms with Crippen molar-refractivity contribution in [2.24, 2.45) is 5.73 Å².